The van der Waals surface area contributed by atoms with Gasteiger partial charge >= 0.3 is 0 Å². The van der Waals surface area contributed by atoms with Gasteiger partial charge in [-0.3, -0.25) is 14.2 Å². The molecule has 0 atom stereocenters. The largest absolute Gasteiger partial charge is 0.366 e. The lowest BCUT2D eigenvalue weighted by Crippen LogP contribution is -2.20. The second-order valence-electron chi connectivity index (χ2n) is 4.18. The van der Waals surface area contributed by atoms with Crippen molar-refractivity contribution in [3.8, 4) is 0 Å². The molecule has 2 aromatic rings. The number of carbonyl (C=O) groups is 1. The number of benzene rings is 1. The van der Waals surface area contributed by atoms with Crippen LogP contribution in [0.4, 0.5) is 0 Å². The Morgan fingerprint density at radius 3 is 2.74 bits per heavy atom. The highest BCUT2D eigenvalue weighted by Crippen LogP contribution is 2.12. The highest BCUT2D eigenvalue weighted by molar-refractivity contribution is 6.29. The van der Waals surface area contributed by atoms with Gasteiger partial charge in [0.1, 0.15) is 5.15 Å². The molecular formula is C13H12ClN3O2. The number of primary amides is 1. The molecule has 0 fully saturated rings. The van der Waals surface area contributed by atoms with Gasteiger partial charge in [-0.2, -0.15) is 0 Å². The van der Waals surface area contributed by atoms with E-state index in [1.165, 1.54) is 17.0 Å². The number of rotatable bonds is 3. The van der Waals surface area contributed by atoms with Crippen molar-refractivity contribution in [3.05, 3.63) is 62.8 Å². The molecule has 98 valence electrons. The maximum atomic E-state index is 11.7. The Balaban J connectivity index is 2.33. The first-order valence-electron chi connectivity index (χ1n) is 5.58. The van der Waals surface area contributed by atoms with Gasteiger partial charge in [-0.25, -0.2) is 4.98 Å². The minimum atomic E-state index is -0.472. The van der Waals surface area contributed by atoms with Crippen molar-refractivity contribution in [1.82, 2.24) is 9.55 Å². The number of aryl methyl sites for hydroxylation is 1. The molecule has 1 aromatic carbocycles. The van der Waals surface area contributed by atoms with E-state index in [2.05, 4.69) is 4.98 Å². The average molecular weight is 278 g/mol. The number of amides is 1. The van der Waals surface area contributed by atoms with Crippen molar-refractivity contribution in [3.63, 3.8) is 0 Å². The van der Waals surface area contributed by atoms with Crippen LogP contribution >= 0.6 is 11.6 Å². The van der Waals surface area contributed by atoms with Gasteiger partial charge in [0.2, 0.25) is 5.91 Å². The molecule has 0 aliphatic carbocycles. The summed E-state index contributed by atoms with van der Waals surface area (Å²) in [5, 5.41) is 0.169. The van der Waals surface area contributed by atoms with Crippen LogP contribution in [0.25, 0.3) is 0 Å². The fraction of sp³-hybridized carbons (Fsp3) is 0.154. The van der Waals surface area contributed by atoms with E-state index in [1.54, 1.807) is 18.2 Å². The van der Waals surface area contributed by atoms with Crippen molar-refractivity contribution in [2.24, 2.45) is 5.73 Å². The Bertz CT molecular complexity index is 695. The zero-order valence-electron chi connectivity index (χ0n) is 10.3. The number of hydrogen-bond acceptors (Lipinski definition) is 3. The van der Waals surface area contributed by atoms with Crippen LogP contribution in [-0.4, -0.2) is 15.5 Å². The molecule has 1 amide bonds. The Hall–Kier alpha value is -2.14. The van der Waals surface area contributed by atoms with E-state index in [0.29, 0.717) is 12.1 Å². The molecule has 0 bridgehead atoms. The lowest BCUT2D eigenvalue weighted by molar-refractivity contribution is 0.1000. The summed E-state index contributed by atoms with van der Waals surface area (Å²) in [5.41, 5.74) is 7.23. The fourth-order valence-corrected chi connectivity index (χ4v) is 1.87. The summed E-state index contributed by atoms with van der Waals surface area (Å²) in [6, 6.07) is 6.37. The van der Waals surface area contributed by atoms with E-state index < -0.39 is 5.91 Å². The molecule has 0 radical (unpaired) electrons. The van der Waals surface area contributed by atoms with Crippen LogP contribution in [0.5, 0.6) is 0 Å². The van der Waals surface area contributed by atoms with Crippen LogP contribution in [0, 0.1) is 6.92 Å². The van der Waals surface area contributed by atoms with Gasteiger partial charge in [-0.1, -0.05) is 17.7 Å². The van der Waals surface area contributed by atoms with E-state index in [4.69, 9.17) is 17.3 Å². The third kappa shape index (κ3) is 3.00. The quantitative estimate of drug-likeness (QED) is 0.860. The average Bonchev–Trinajstić information content (AvgIpc) is 2.34. The zero-order valence-corrected chi connectivity index (χ0v) is 11.0. The summed E-state index contributed by atoms with van der Waals surface area (Å²) in [6.45, 7) is 2.23. The van der Waals surface area contributed by atoms with Crippen molar-refractivity contribution < 1.29 is 4.79 Å². The van der Waals surface area contributed by atoms with E-state index in [0.717, 1.165) is 11.1 Å². The monoisotopic (exact) mass is 277 g/mol. The molecule has 0 aliphatic heterocycles. The Kier molecular flexibility index (Phi) is 3.66. The van der Waals surface area contributed by atoms with Gasteiger partial charge < -0.3 is 5.73 Å². The van der Waals surface area contributed by atoms with E-state index >= 15 is 0 Å². The normalized spacial score (nSPS) is 10.4. The van der Waals surface area contributed by atoms with Crippen LogP contribution in [0.3, 0.4) is 0 Å². The summed E-state index contributed by atoms with van der Waals surface area (Å²) >= 11 is 5.63. The molecule has 0 saturated carbocycles. The molecule has 1 aromatic heterocycles. The number of aromatic nitrogens is 2. The molecule has 19 heavy (non-hydrogen) atoms. The Labute approximate surface area is 114 Å². The lowest BCUT2D eigenvalue weighted by Gasteiger charge is -2.09. The summed E-state index contributed by atoms with van der Waals surface area (Å²) < 4.78 is 1.44. The predicted molar refractivity (Wildman–Crippen MR) is 72.3 cm³/mol. The van der Waals surface area contributed by atoms with Crippen LogP contribution < -0.4 is 11.3 Å². The summed E-state index contributed by atoms with van der Waals surface area (Å²) in [4.78, 5) is 26.6. The lowest BCUT2D eigenvalue weighted by atomic mass is 10.0. The van der Waals surface area contributed by atoms with Crippen LogP contribution in [0.15, 0.2) is 35.4 Å². The molecule has 0 spiro atoms. The number of carbonyl (C=O) groups excluding carboxylic acids is 1. The molecule has 1 heterocycles. The van der Waals surface area contributed by atoms with Crippen molar-refractivity contribution in [2.75, 3.05) is 0 Å². The van der Waals surface area contributed by atoms with Crippen LogP contribution in [-0.2, 0) is 6.54 Å². The number of halogens is 1. The predicted octanol–water partition coefficient (Wildman–Crippen LogP) is 1.35. The van der Waals surface area contributed by atoms with E-state index in [1.807, 2.05) is 6.92 Å². The van der Waals surface area contributed by atoms with Gasteiger partial charge in [0.25, 0.3) is 5.56 Å². The first-order valence-corrected chi connectivity index (χ1v) is 5.96. The molecule has 6 heteroatoms. The SMILES string of the molecule is Cc1cc(C(N)=O)ccc1Cn1cnc(Cl)cc1=O. The molecule has 2 N–H and O–H groups in total. The minimum Gasteiger partial charge on any atom is -0.366 e. The highest BCUT2D eigenvalue weighted by Gasteiger charge is 2.06. The second kappa shape index (κ2) is 5.24. The number of nitrogens with zero attached hydrogens (tertiary/aromatic N) is 2. The molecule has 0 aliphatic rings. The van der Waals surface area contributed by atoms with Gasteiger partial charge in [-0.15, -0.1) is 0 Å². The summed E-state index contributed by atoms with van der Waals surface area (Å²) in [6.07, 6.45) is 1.39. The molecule has 5 nitrogen and oxygen atoms in total. The van der Waals surface area contributed by atoms with Gasteiger partial charge in [0.15, 0.2) is 0 Å². The van der Waals surface area contributed by atoms with Crippen molar-refractivity contribution in [1.29, 1.82) is 0 Å². The zero-order chi connectivity index (χ0) is 14.0. The Morgan fingerprint density at radius 1 is 1.42 bits per heavy atom. The highest BCUT2D eigenvalue weighted by atomic mass is 35.5. The topological polar surface area (TPSA) is 78.0 Å². The molecular weight excluding hydrogens is 266 g/mol. The number of hydrogen-bond donors (Lipinski definition) is 1. The van der Waals surface area contributed by atoms with Gasteiger partial charge in [0, 0.05) is 11.6 Å². The van der Waals surface area contributed by atoms with E-state index in [9.17, 15) is 9.59 Å². The third-order valence-corrected chi connectivity index (χ3v) is 3.02. The maximum Gasteiger partial charge on any atom is 0.255 e. The first kappa shape index (κ1) is 13.3. The maximum absolute atomic E-state index is 11.7. The summed E-state index contributed by atoms with van der Waals surface area (Å²) in [7, 11) is 0. The van der Waals surface area contributed by atoms with Gasteiger partial charge in [-0.05, 0) is 30.2 Å². The molecule has 2 rings (SSSR count). The van der Waals surface area contributed by atoms with Crippen molar-refractivity contribution >= 4 is 17.5 Å². The third-order valence-electron chi connectivity index (χ3n) is 2.81. The minimum absolute atomic E-state index is 0.169. The first-order chi connectivity index (χ1) is 8.97. The van der Waals surface area contributed by atoms with Crippen LogP contribution in [0.2, 0.25) is 5.15 Å². The molecule has 0 saturated heterocycles. The van der Waals surface area contributed by atoms with Crippen LogP contribution in [0.1, 0.15) is 21.5 Å². The standard InChI is InChI=1S/C13H12ClN3O2/c1-8-4-9(13(15)19)2-3-10(8)6-17-7-16-11(14)5-12(17)18/h2-5,7H,6H2,1H3,(H2,15,19). The smallest absolute Gasteiger partial charge is 0.255 e. The molecule has 0 unspecified atom stereocenters. The fourth-order valence-electron chi connectivity index (χ4n) is 1.73. The van der Waals surface area contributed by atoms with Crippen molar-refractivity contribution in [2.45, 2.75) is 13.5 Å². The summed E-state index contributed by atoms with van der Waals surface area (Å²) in [5.74, 6) is -0.472. The Morgan fingerprint density at radius 2 is 2.16 bits per heavy atom. The second-order valence-corrected chi connectivity index (χ2v) is 4.57. The van der Waals surface area contributed by atoms with E-state index in [-0.39, 0.29) is 10.7 Å². The van der Waals surface area contributed by atoms with Gasteiger partial charge in [0.05, 0.1) is 12.9 Å². The number of nitrogens with two attached hydrogens (primary N) is 1.